The average molecular weight is 369 g/mol. The number of furan rings is 1. The Labute approximate surface area is 150 Å². The summed E-state index contributed by atoms with van der Waals surface area (Å²) in [6.45, 7) is 4.81. The first kappa shape index (κ1) is 18.8. The smallest absolute Gasteiger partial charge is 0.230 e. The molecule has 0 aromatic carbocycles. The van der Waals surface area contributed by atoms with Crippen LogP contribution >= 0.6 is 23.1 Å². The highest BCUT2D eigenvalue weighted by Crippen LogP contribution is 2.25. The minimum absolute atomic E-state index is 0.0456. The van der Waals surface area contributed by atoms with Crippen molar-refractivity contribution < 1.29 is 9.21 Å². The second-order valence-corrected chi connectivity index (χ2v) is 7.76. The number of nitrogens with one attached hydrogen (secondary N) is 2. The second kappa shape index (κ2) is 10.4. The van der Waals surface area contributed by atoms with E-state index in [4.69, 9.17) is 4.42 Å². The van der Waals surface area contributed by atoms with Crippen molar-refractivity contribution in [1.29, 1.82) is 0 Å². The molecule has 2 aromatic rings. The lowest BCUT2D eigenvalue weighted by atomic mass is 10.1. The molecule has 0 aliphatic carbocycles. The molecule has 2 heterocycles. The maximum atomic E-state index is 11.9. The molecule has 8 heteroatoms. The number of hydrogen-bond acceptors (Lipinski definition) is 7. The molecular weight excluding hydrogens is 344 g/mol. The number of aromatic nitrogens is 2. The van der Waals surface area contributed by atoms with Crippen molar-refractivity contribution in [3.05, 3.63) is 24.2 Å². The van der Waals surface area contributed by atoms with E-state index in [1.807, 2.05) is 12.1 Å². The van der Waals surface area contributed by atoms with Gasteiger partial charge in [0.1, 0.15) is 5.76 Å². The van der Waals surface area contributed by atoms with E-state index < -0.39 is 0 Å². The molecule has 6 nitrogen and oxygen atoms in total. The van der Waals surface area contributed by atoms with Gasteiger partial charge in [-0.3, -0.25) is 4.79 Å². The summed E-state index contributed by atoms with van der Waals surface area (Å²) in [6.07, 6.45) is 6.24. The van der Waals surface area contributed by atoms with Gasteiger partial charge in [-0.05, 0) is 25.5 Å². The summed E-state index contributed by atoms with van der Waals surface area (Å²) in [4.78, 5) is 11.9. The largest absolute Gasteiger partial charge is 0.467 e. The molecule has 132 valence electrons. The van der Waals surface area contributed by atoms with Crippen LogP contribution in [-0.2, 0) is 11.3 Å². The van der Waals surface area contributed by atoms with Gasteiger partial charge in [-0.1, -0.05) is 49.3 Å². The van der Waals surface area contributed by atoms with Crippen molar-refractivity contribution in [2.45, 2.75) is 56.5 Å². The number of carbonyl (C=O) groups excluding carboxylic acids is 1. The van der Waals surface area contributed by atoms with E-state index in [-0.39, 0.29) is 11.9 Å². The van der Waals surface area contributed by atoms with Gasteiger partial charge in [0.05, 0.1) is 18.6 Å². The second-order valence-electron chi connectivity index (χ2n) is 5.56. The van der Waals surface area contributed by atoms with Crippen molar-refractivity contribution in [1.82, 2.24) is 15.5 Å². The molecule has 2 rings (SSSR count). The summed E-state index contributed by atoms with van der Waals surface area (Å²) >= 11 is 2.85. The van der Waals surface area contributed by atoms with Crippen LogP contribution in [0.2, 0.25) is 0 Å². The Kier molecular flexibility index (Phi) is 8.11. The standard InChI is InChI=1S/C16H24N4O2S2/c1-3-4-5-7-12(2)18-14(21)11-23-16-20-19-15(24-16)17-10-13-8-6-9-22-13/h6,8-9,12H,3-5,7,10-11H2,1-2H3,(H,17,19)(H,18,21)/t12-/m0/s1. The van der Waals surface area contributed by atoms with E-state index in [1.54, 1.807) is 6.26 Å². The first-order chi connectivity index (χ1) is 11.7. The predicted octanol–water partition coefficient (Wildman–Crippen LogP) is 3.92. The summed E-state index contributed by atoms with van der Waals surface area (Å²) in [7, 11) is 0. The Hall–Kier alpha value is -1.54. The minimum atomic E-state index is 0.0456. The number of anilines is 1. The molecule has 0 aliphatic rings. The van der Waals surface area contributed by atoms with Crippen molar-refractivity contribution in [3.63, 3.8) is 0 Å². The quantitative estimate of drug-likeness (QED) is 0.462. The van der Waals surface area contributed by atoms with E-state index in [1.165, 1.54) is 35.9 Å². The Bertz CT molecular complexity index is 601. The summed E-state index contributed by atoms with van der Waals surface area (Å²) in [5, 5.41) is 15.1. The fraction of sp³-hybridized carbons (Fsp3) is 0.562. The molecule has 1 amide bonds. The average Bonchev–Trinajstić information content (AvgIpc) is 3.23. The fourth-order valence-electron chi connectivity index (χ4n) is 2.13. The van der Waals surface area contributed by atoms with E-state index >= 15 is 0 Å². The van der Waals surface area contributed by atoms with Crippen molar-refractivity contribution >= 4 is 34.1 Å². The lowest BCUT2D eigenvalue weighted by Crippen LogP contribution is -2.33. The zero-order chi connectivity index (χ0) is 17.2. The molecule has 24 heavy (non-hydrogen) atoms. The highest BCUT2D eigenvalue weighted by Gasteiger charge is 2.10. The Balaban J connectivity index is 1.65. The number of rotatable bonds is 11. The van der Waals surface area contributed by atoms with Crippen molar-refractivity contribution in [2.75, 3.05) is 11.1 Å². The first-order valence-electron chi connectivity index (χ1n) is 8.19. The molecule has 0 bridgehead atoms. The molecule has 2 aromatic heterocycles. The topological polar surface area (TPSA) is 80.0 Å². The molecule has 0 fully saturated rings. The zero-order valence-electron chi connectivity index (χ0n) is 14.1. The maximum Gasteiger partial charge on any atom is 0.230 e. The van der Waals surface area contributed by atoms with Crippen LogP contribution in [0.3, 0.4) is 0 Å². The fourth-order valence-corrected chi connectivity index (χ4v) is 3.69. The normalized spacial score (nSPS) is 12.1. The molecule has 0 aliphatic heterocycles. The van der Waals surface area contributed by atoms with Gasteiger partial charge in [-0.2, -0.15) is 0 Å². The third kappa shape index (κ3) is 6.92. The van der Waals surface area contributed by atoms with Gasteiger partial charge in [0.2, 0.25) is 11.0 Å². The maximum absolute atomic E-state index is 11.9. The zero-order valence-corrected chi connectivity index (χ0v) is 15.7. The van der Waals surface area contributed by atoms with Gasteiger partial charge in [0.15, 0.2) is 4.34 Å². The van der Waals surface area contributed by atoms with Gasteiger partial charge >= 0.3 is 0 Å². The Morgan fingerprint density at radius 2 is 2.29 bits per heavy atom. The SMILES string of the molecule is CCCCC[C@H](C)NC(=O)CSc1nnc(NCc2ccco2)s1. The van der Waals surface area contributed by atoms with Gasteiger partial charge in [-0.25, -0.2) is 0 Å². The van der Waals surface area contributed by atoms with Crippen LogP contribution in [0, 0.1) is 0 Å². The molecule has 0 spiro atoms. The number of hydrogen-bond donors (Lipinski definition) is 2. The van der Waals surface area contributed by atoms with Crippen molar-refractivity contribution in [3.8, 4) is 0 Å². The third-order valence-electron chi connectivity index (χ3n) is 3.38. The lowest BCUT2D eigenvalue weighted by Gasteiger charge is -2.12. The van der Waals surface area contributed by atoms with Gasteiger partial charge in [0, 0.05) is 6.04 Å². The number of unbranched alkanes of at least 4 members (excludes halogenated alkanes) is 2. The lowest BCUT2D eigenvalue weighted by molar-refractivity contribution is -0.119. The summed E-state index contributed by atoms with van der Waals surface area (Å²) in [5.41, 5.74) is 0. The molecule has 2 N–H and O–H groups in total. The van der Waals surface area contributed by atoms with E-state index in [0.717, 1.165) is 28.1 Å². The van der Waals surface area contributed by atoms with Crippen LogP contribution in [-0.4, -0.2) is 27.9 Å². The number of amides is 1. The highest BCUT2D eigenvalue weighted by atomic mass is 32.2. The molecule has 1 atom stereocenters. The van der Waals surface area contributed by atoms with Crippen LogP contribution in [0.4, 0.5) is 5.13 Å². The van der Waals surface area contributed by atoms with Crippen LogP contribution in [0.15, 0.2) is 27.2 Å². The number of thioether (sulfide) groups is 1. The monoisotopic (exact) mass is 368 g/mol. The van der Waals surface area contributed by atoms with E-state index in [9.17, 15) is 4.79 Å². The Morgan fingerprint density at radius 3 is 3.04 bits per heavy atom. The summed E-state index contributed by atoms with van der Waals surface area (Å²) in [5.74, 6) is 1.26. The molecule has 0 saturated heterocycles. The van der Waals surface area contributed by atoms with Gasteiger partial charge in [-0.15, -0.1) is 10.2 Å². The number of nitrogens with zero attached hydrogens (tertiary/aromatic N) is 2. The van der Waals surface area contributed by atoms with Crippen LogP contribution in [0.25, 0.3) is 0 Å². The highest BCUT2D eigenvalue weighted by molar-refractivity contribution is 8.01. The van der Waals surface area contributed by atoms with E-state index in [0.29, 0.717) is 12.3 Å². The van der Waals surface area contributed by atoms with Gasteiger partial charge in [0.25, 0.3) is 0 Å². The van der Waals surface area contributed by atoms with Crippen LogP contribution < -0.4 is 10.6 Å². The predicted molar refractivity (Wildman–Crippen MR) is 98.4 cm³/mol. The summed E-state index contributed by atoms with van der Waals surface area (Å²) in [6, 6.07) is 3.97. The van der Waals surface area contributed by atoms with Crippen molar-refractivity contribution in [2.24, 2.45) is 0 Å². The van der Waals surface area contributed by atoms with E-state index in [2.05, 4.69) is 34.7 Å². The molecular formula is C16H24N4O2S2. The minimum Gasteiger partial charge on any atom is -0.467 e. The molecule has 0 saturated carbocycles. The van der Waals surface area contributed by atoms with Gasteiger partial charge < -0.3 is 15.1 Å². The van der Waals surface area contributed by atoms with Crippen LogP contribution in [0.5, 0.6) is 0 Å². The first-order valence-corrected chi connectivity index (χ1v) is 9.99. The summed E-state index contributed by atoms with van der Waals surface area (Å²) < 4.78 is 6.03. The molecule has 0 unspecified atom stereocenters. The Morgan fingerprint density at radius 1 is 1.42 bits per heavy atom. The third-order valence-corrected chi connectivity index (χ3v) is 5.39. The number of carbonyl (C=O) groups is 1. The van der Waals surface area contributed by atoms with Crippen LogP contribution in [0.1, 0.15) is 45.3 Å². The molecule has 0 radical (unpaired) electrons.